The van der Waals surface area contributed by atoms with Crippen molar-refractivity contribution in [3.8, 4) is 5.75 Å². The van der Waals surface area contributed by atoms with Crippen LogP contribution in [0.2, 0.25) is 0 Å². The first kappa shape index (κ1) is 25.9. The number of hydrogen-bond acceptors (Lipinski definition) is 7. The minimum Gasteiger partial charge on any atom is -0.483 e. The van der Waals surface area contributed by atoms with Crippen molar-refractivity contribution >= 4 is 35.4 Å². The molecule has 3 rings (SSSR count). The second kappa shape index (κ2) is 12.1. The van der Waals surface area contributed by atoms with Gasteiger partial charge in [-0.15, -0.1) is 0 Å². The smallest absolute Gasteiger partial charge is 0.266 e. The molecule has 2 aliphatic rings. The van der Waals surface area contributed by atoms with E-state index in [0.29, 0.717) is 13.0 Å². The quantitative estimate of drug-likeness (QED) is 0.290. The van der Waals surface area contributed by atoms with Gasteiger partial charge in [0, 0.05) is 26.4 Å². The zero-order chi connectivity index (χ0) is 25.4. The molecule has 1 fully saturated rings. The fourth-order valence-corrected chi connectivity index (χ4v) is 4.09. The van der Waals surface area contributed by atoms with Gasteiger partial charge in [0.25, 0.3) is 17.7 Å². The van der Waals surface area contributed by atoms with Gasteiger partial charge < -0.3 is 15.4 Å². The van der Waals surface area contributed by atoms with Crippen LogP contribution in [0, 0.1) is 0 Å². The molecule has 0 bridgehead atoms. The van der Waals surface area contributed by atoms with Crippen LogP contribution in [-0.4, -0.2) is 66.6 Å². The molecule has 11 nitrogen and oxygen atoms in total. The number of carbonyl (C=O) groups is 6. The number of nitrogens with zero attached hydrogens (tertiary/aromatic N) is 1. The lowest BCUT2D eigenvalue weighted by Gasteiger charge is -2.27. The van der Waals surface area contributed by atoms with Gasteiger partial charge in [0.1, 0.15) is 11.8 Å². The third-order valence-electron chi connectivity index (χ3n) is 5.97. The molecular weight excluding hydrogens is 456 g/mol. The summed E-state index contributed by atoms with van der Waals surface area (Å²) in [5.41, 5.74) is 0.0979. The predicted octanol–water partition coefficient (Wildman–Crippen LogP) is 0.669. The Hall–Kier alpha value is -3.76. The van der Waals surface area contributed by atoms with Gasteiger partial charge in [-0.3, -0.25) is 39.0 Å². The lowest BCUT2D eigenvalue weighted by atomic mass is 10.0. The van der Waals surface area contributed by atoms with Gasteiger partial charge in [0.15, 0.2) is 6.61 Å². The summed E-state index contributed by atoms with van der Waals surface area (Å²) in [7, 11) is 1.62. The zero-order valence-corrected chi connectivity index (χ0v) is 19.7. The van der Waals surface area contributed by atoms with E-state index < -0.39 is 29.7 Å². The fraction of sp³-hybridized carbons (Fsp3) is 0.500. The lowest BCUT2D eigenvalue weighted by Crippen LogP contribution is -2.54. The Morgan fingerprint density at radius 3 is 2.51 bits per heavy atom. The molecule has 6 amide bonds. The number of benzene rings is 1. The van der Waals surface area contributed by atoms with Crippen LogP contribution < -0.4 is 20.7 Å². The highest BCUT2D eigenvalue weighted by Gasteiger charge is 2.46. The number of fused-ring (bicyclic) bond motifs is 1. The fourth-order valence-electron chi connectivity index (χ4n) is 4.09. The van der Waals surface area contributed by atoms with E-state index in [2.05, 4.69) is 16.0 Å². The third-order valence-corrected chi connectivity index (χ3v) is 5.97. The van der Waals surface area contributed by atoms with Crippen molar-refractivity contribution in [1.82, 2.24) is 20.9 Å². The number of imide groups is 2. The average Bonchev–Trinajstić information content (AvgIpc) is 3.09. The van der Waals surface area contributed by atoms with Gasteiger partial charge in [-0.05, 0) is 31.4 Å². The molecule has 0 spiro atoms. The van der Waals surface area contributed by atoms with Crippen LogP contribution in [-0.2, 0) is 19.2 Å². The van der Waals surface area contributed by atoms with E-state index in [1.165, 1.54) is 18.2 Å². The number of amides is 6. The molecule has 1 aromatic rings. The van der Waals surface area contributed by atoms with Crippen molar-refractivity contribution in [2.24, 2.45) is 0 Å². The number of hydrogen-bond donors (Lipinski definition) is 3. The van der Waals surface area contributed by atoms with Crippen LogP contribution in [0.3, 0.4) is 0 Å². The molecule has 3 N–H and O–H groups in total. The third kappa shape index (κ3) is 6.43. The van der Waals surface area contributed by atoms with E-state index in [-0.39, 0.29) is 48.1 Å². The molecule has 1 aromatic carbocycles. The number of nitrogens with one attached hydrogen (secondary N) is 3. The number of piperidine rings is 1. The standard InChI is InChI=1S/C24H30N4O7/c1-25-18(29)10-5-3-2-4-6-13-26-20(31)14-35-17-9-7-8-15-21(17)24(34)28(23(15)33)16-11-12-19(30)27-22(16)32/h7-9,16H,2-6,10-14H2,1H3,(H,25,29)(H,26,31)(H,27,30,32). The highest BCUT2D eigenvalue weighted by atomic mass is 16.5. The van der Waals surface area contributed by atoms with Crippen LogP contribution in [0.5, 0.6) is 5.75 Å². The van der Waals surface area contributed by atoms with Gasteiger partial charge in [0.05, 0.1) is 11.1 Å². The van der Waals surface area contributed by atoms with Crippen molar-refractivity contribution in [2.45, 2.75) is 57.4 Å². The molecule has 1 saturated heterocycles. The van der Waals surface area contributed by atoms with Crippen molar-refractivity contribution in [2.75, 3.05) is 20.2 Å². The van der Waals surface area contributed by atoms with E-state index in [1.807, 2.05) is 0 Å². The zero-order valence-electron chi connectivity index (χ0n) is 19.7. The Labute approximate surface area is 202 Å². The second-order valence-corrected chi connectivity index (χ2v) is 8.46. The SMILES string of the molecule is CNC(=O)CCCCCCCNC(=O)COc1cccc2c1C(=O)N(C1CCC(=O)NC1=O)C2=O. The Balaban J connectivity index is 1.46. The van der Waals surface area contributed by atoms with Crippen LogP contribution in [0.15, 0.2) is 18.2 Å². The topological polar surface area (TPSA) is 151 Å². The number of unbranched alkanes of at least 4 members (excludes halogenated alkanes) is 4. The molecule has 0 radical (unpaired) electrons. The summed E-state index contributed by atoms with van der Waals surface area (Å²) in [5.74, 6) is -2.70. The van der Waals surface area contributed by atoms with Crippen molar-refractivity contribution < 1.29 is 33.5 Å². The van der Waals surface area contributed by atoms with E-state index >= 15 is 0 Å². The summed E-state index contributed by atoms with van der Waals surface area (Å²) < 4.78 is 5.55. The minimum atomic E-state index is -1.07. The summed E-state index contributed by atoms with van der Waals surface area (Å²) in [6, 6.07) is 3.42. The van der Waals surface area contributed by atoms with Gasteiger partial charge in [-0.1, -0.05) is 25.3 Å². The van der Waals surface area contributed by atoms with Gasteiger partial charge in [-0.2, -0.15) is 0 Å². The monoisotopic (exact) mass is 486 g/mol. The maximum absolute atomic E-state index is 13.0. The minimum absolute atomic E-state index is 0.00625. The Morgan fingerprint density at radius 1 is 1.03 bits per heavy atom. The first-order valence-corrected chi connectivity index (χ1v) is 11.8. The van der Waals surface area contributed by atoms with Crippen LogP contribution in [0.25, 0.3) is 0 Å². The first-order chi connectivity index (χ1) is 16.8. The molecule has 35 heavy (non-hydrogen) atoms. The molecule has 188 valence electrons. The summed E-state index contributed by atoms with van der Waals surface area (Å²) in [6.45, 7) is 0.147. The Morgan fingerprint density at radius 2 is 1.77 bits per heavy atom. The maximum Gasteiger partial charge on any atom is 0.266 e. The number of rotatable bonds is 12. The summed E-state index contributed by atoms with van der Waals surface area (Å²) in [6.07, 6.45) is 5.09. The van der Waals surface area contributed by atoms with Crippen molar-refractivity contribution in [3.05, 3.63) is 29.3 Å². The summed E-state index contributed by atoms with van der Waals surface area (Å²) >= 11 is 0. The van der Waals surface area contributed by atoms with E-state index in [9.17, 15) is 28.8 Å². The molecular formula is C24H30N4O7. The number of carbonyl (C=O) groups excluding carboxylic acids is 6. The average molecular weight is 487 g/mol. The molecule has 11 heteroatoms. The van der Waals surface area contributed by atoms with Crippen LogP contribution in [0.1, 0.15) is 72.1 Å². The predicted molar refractivity (Wildman–Crippen MR) is 123 cm³/mol. The van der Waals surface area contributed by atoms with Gasteiger partial charge in [0.2, 0.25) is 17.7 Å². The highest BCUT2D eigenvalue weighted by molar-refractivity contribution is 6.24. The lowest BCUT2D eigenvalue weighted by molar-refractivity contribution is -0.136. The highest BCUT2D eigenvalue weighted by Crippen LogP contribution is 2.33. The Bertz CT molecular complexity index is 1020. The molecule has 0 aromatic heterocycles. The molecule has 2 heterocycles. The van der Waals surface area contributed by atoms with E-state index in [1.54, 1.807) is 7.05 Å². The van der Waals surface area contributed by atoms with Crippen molar-refractivity contribution in [3.63, 3.8) is 0 Å². The summed E-state index contributed by atoms with van der Waals surface area (Å²) in [4.78, 5) is 73.6. The molecule has 0 aliphatic carbocycles. The largest absolute Gasteiger partial charge is 0.483 e. The van der Waals surface area contributed by atoms with E-state index in [0.717, 1.165) is 37.0 Å². The summed E-state index contributed by atoms with van der Waals surface area (Å²) in [5, 5.41) is 7.49. The van der Waals surface area contributed by atoms with Gasteiger partial charge >= 0.3 is 0 Å². The normalized spacial score (nSPS) is 17.2. The van der Waals surface area contributed by atoms with Crippen LogP contribution in [0.4, 0.5) is 0 Å². The van der Waals surface area contributed by atoms with E-state index in [4.69, 9.17) is 4.74 Å². The second-order valence-electron chi connectivity index (χ2n) is 8.46. The molecule has 2 aliphatic heterocycles. The molecule has 1 unspecified atom stereocenters. The van der Waals surface area contributed by atoms with Gasteiger partial charge in [-0.25, -0.2) is 0 Å². The van der Waals surface area contributed by atoms with Crippen molar-refractivity contribution in [1.29, 1.82) is 0 Å². The first-order valence-electron chi connectivity index (χ1n) is 11.8. The maximum atomic E-state index is 13.0. The molecule has 1 atom stereocenters. The molecule has 0 saturated carbocycles. The number of ether oxygens (including phenoxy) is 1. The van der Waals surface area contributed by atoms with Crippen LogP contribution >= 0.6 is 0 Å². The Kier molecular flexibility index (Phi) is 8.93.